The number of hydrogen-bond acceptors (Lipinski definition) is 3. The highest BCUT2D eigenvalue weighted by Crippen LogP contribution is 2.47. The van der Waals surface area contributed by atoms with Crippen molar-refractivity contribution in [2.45, 2.75) is 30.9 Å². The molecule has 3 N–H and O–H groups in total. The SMILES string of the molecule is C=C(c1ccc(O)cc1)N(CC(F)(F)F)/C(=N\N)C1(c2ccc(Cl)cc2)CCC1. The van der Waals surface area contributed by atoms with Crippen LogP contribution in [0.3, 0.4) is 0 Å². The molecule has 0 radical (unpaired) electrons. The minimum atomic E-state index is -4.50. The smallest absolute Gasteiger partial charge is 0.406 e. The molecule has 1 fully saturated rings. The van der Waals surface area contributed by atoms with Crippen LogP contribution in [0.25, 0.3) is 5.70 Å². The summed E-state index contributed by atoms with van der Waals surface area (Å²) in [5.74, 6) is 5.79. The van der Waals surface area contributed by atoms with E-state index < -0.39 is 18.1 Å². The number of hydrazone groups is 1. The number of amidine groups is 1. The average Bonchev–Trinajstić information content (AvgIpc) is 2.63. The van der Waals surface area contributed by atoms with Gasteiger partial charge in [0.05, 0.1) is 5.41 Å². The third kappa shape index (κ3) is 4.34. The highest BCUT2D eigenvalue weighted by Gasteiger charge is 2.48. The molecule has 1 aliphatic rings. The molecule has 3 rings (SSSR count). The van der Waals surface area contributed by atoms with E-state index in [0.717, 1.165) is 16.9 Å². The second-order valence-electron chi connectivity index (χ2n) is 7.09. The Morgan fingerprint density at radius 1 is 1.14 bits per heavy atom. The molecule has 2 aromatic carbocycles. The van der Waals surface area contributed by atoms with Gasteiger partial charge in [0.2, 0.25) is 0 Å². The normalized spacial score (nSPS) is 16.2. The molecule has 2 aromatic rings. The molecule has 0 saturated heterocycles. The molecule has 8 heteroatoms. The fraction of sp³-hybridized carbons (Fsp3) is 0.286. The van der Waals surface area contributed by atoms with Gasteiger partial charge in [0.1, 0.15) is 18.1 Å². The quantitative estimate of drug-likeness (QED) is 0.298. The largest absolute Gasteiger partial charge is 0.508 e. The number of phenols is 1. The first kappa shape index (κ1) is 21.0. The molecule has 0 heterocycles. The first-order valence-electron chi connectivity index (χ1n) is 9.03. The molecule has 1 saturated carbocycles. The van der Waals surface area contributed by atoms with Crippen LogP contribution < -0.4 is 5.84 Å². The molecular formula is C21H21ClF3N3O. The maximum absolute atomic E-state index is 13.5. The van der Waals surface area contributed by atoms with Crippen LogP contribution in [-0.4, -0.2) is 28.6 Å². The van der Waals surface area contributed by atoms with Crippen molar-refractivity contribution >= 4 is 23.1 Å². The first-order valence-corrected chi connectivity index (χ1v) is 9.41. The number of nitrogens with zero attached hydrogens (tertiary/aromatic N) is 2. The van der Waals surface area contributed by atoms with Gasteiger partial charge in [-0.3, -0.25) is 0 Å². The van der Waals surface area contributed by atoms with Crippen molar-refractivity contribution in [3.63, 3.8) is 0 Å². The van der Waals surface area contributed by atoms with Gasteiger partial charge < -0.3 is 15.8 Å². The lowest BCUT2D eigenvalue weighted by molar-refractivity contribution is -0.133. The molecule has 29 heavy (non-hydrogen) atoms. The summed E-state index contributed by atoms with van der Waals surface area (Å²) in [5.41, 5.74) is 0.596. The van der Waals surface area contributed by atoms with E-state index in [2.05, 4.69) is 11.7 Å². The summed E-state index contributed by atoms with van der Waals surface area (Å²) in [4.78, 5) is 1.03. The zero-order chi connectivity index (χ0) is 21.2. The van der Waals surface area contributed by atoms with Crippen LogP contribution in [0, 0.1) is 0 Å². The van der Waals surface area contributed by atoms with Gasteiger partial charge in [-0.05, 0) is 60.4 Å². The van der Waals surface area contributed by atoms with Gasteiger partial charge in [0, 0.05) is 10.7 Å². The second-order valence-corrected chi connectivity index (χ2v) is 7.53. The fourth-order valence-electron chi connectivity index (χ4n) is 3.68. The lowest BCUT2D eigenvalue weighted by Crippen LogP contribution is -2.53. The van der Waals surface area contributed by atoms with Gasteiger partial charge in [-0.25, -0.2) is 0 Å². The molecule has 1 aliphatic carbocycles. The van der Waals surface area contributed by atoms with Crippen molar-refractivity contribution < 1.29 is 18.3 Å². The Balaban J connectivity index is 2.05. The minimum Gasteiger partial charge on any atom is -0.508 e. The summed E-state index contributed by atoms with van der Waals surface area (Å²) in [5, 5.41) is 13.9. The van der Waals surface area contributed by atoms with Crippen molar-refractivity contribution in [3.05, 3.63) is 71.3 Å². The van der Waals surface area contributed by atoms with Crippen molar-refractivity contribution in [2.24, 2.45) is 10.9 Å². The Kier molecular flexibility index (Phi) is 5.80. The van der Waals surface area contributed by atoms with Gasteiger partial charge in [-0.2, -0.15) is 18.3 Å². The zero-order valence-electron chi connectivity index (χ0n) is 15.6. The highest BCUT2D eigenvalue weighted by molar-refractivity contribution is 6.30. The van der Waals surface area contributed by atoms with Gasteiger partial charge >= 0.3 is 6.18 Å². The van der Waals surface area contributed by atoms with Gasteiger partial charge in [-0.15, -0.1) is 0 Å². The number of aromatic hydroxyl groups is 1. The Morgan fingerprint density at radius 3 is 2.17 bits per heavy atom. The topological polar surface area (TPSA) is 61.8 Å². The van der Waals surface area contributed by atoms with E-state index in [1.54, 1.807) is 24.3 Å². The van der Waals surface area contributed by atoms with Crippen LogP contribution in [0.4, 0.5) is 13.2 Å². The number of nitrogens with two attached hydrogens (primary N) is 1. The van der Waals surface area contributed by atoms with Crippen LogP contribution in [-0.2, 0) is 5.41 Å². The summed E-state index contributed by atoms with van der Waals surface area (Å²) in [6, 6.07) is 12.8. The fourth-order valence-corrected chi connectivity index (χ4v) is 3.81. The number of halogens is 4. The van der Waals surface area contributed by atoms with E-state index >= 15 is 0 Å². The number of benzene rings is 2. The lowest BCUT2D eigenvalue weighted by atomic mass is 9.63. The predicted octanol–water partition coefficient (Wildman–Crippen LogP) is 5.27. The summed E-state index contributed by atoms with van der Waals surface area (Å²) >= 11 is 5.98. The highest BCUT2D eigenvalue weighted by atomic mass is 35.5. The number of alkyl halides is 3. The maximum Gasteiger partial charge on any atom is 0.406 e. The number of phenolic OH excluding ortho intramolecular Hbond substituents is 1. The molecule has 0 amide bonds. The van der Waals surface area contributed by atoms with Crippen LogP contribution >= 0.6 is 11.6 Å². The standard InChI is InChI=1S/C21H21ClF3N3O/c1-14(15-3-9-18(29)10-4-15)28(13-21(23,24)25)19(27-26)20(11-2-12-20)16-5-7-17(22)8-6-16/h3-10,29H,1-2,11-13,26H2/b27-19-. The van der Waals surface area contributed by atoms with E-state index in [0.29, 0.717) is 23.4 Å². The van der Waals surface area contributed by atoms with Gasteiger partial charge in [0.15, 0.2) is 0 Å². The van der Waals surface area contributed by atoms with Crippen LogP contribution in [0.2, 0.25) is 5.02 Å². The molecule has 0 bridgehead atoms. The Labute approximate surface area is 172 Å². The molecule has 154 valence electrons. The number of rotatable bonds is 5. The molecule has 0 aliphatic heterocycles. The van der Waals surface area contributed by atoms with E-state index in [1.165, 1.54) is 24.3 Å². The van der Waals surface area contributed by atoms with E-state index in [-0.39, 0.29) is 17.3 Å². The van der Waals surface area contributed by atoms with E-state index in [9.17, 15) is 18.3 Å². The minimum absolute atomic E-state index is 0.00765. The molecule has 0 unspecified atom stereocenters. The van der Waals surface area contributed by atoms with Crippen molar-refractivity contribution in [3.8, 4) is 5.75 Å². The predicted molar refractivity (Wildman–Crippen MR) is 109 cm³/mol. The van der Waals surface area contributed by atoms with Crippen LogP contribution in [0.1, 0.15) is 30.4 Å². The third-order valence-electron chi connectivity index (χ3n) is 5.27. The Bertz CT molecular complexity index is 904. The van der Waals surface area contributed by atoms with E-state index in [4.69, 9.17) is 17.4 Å². The lowest BCUT2D eigenvalue weighted by Gasteiger charge is -2.47. The van der Waals surface area contributed by atoms with Crippen molar-refractivity contribution in [2.75, 3.05) is 6.54 Å². The summed E-state index contributed by atoms with van der Waals surface area (Å²) in [7, 11) is 0. The molecule has 0 spiro atoms. The molecule has 0 aromatic heterocycles. The second kappa shape index (κ2) is 7.99. The summed E-state index contributed by atoms with van der Waals surface area (Å²) in [6.45, 7) is 2.59. The number of hydrogen-bond donors (Lipinski definition) is 2. The van der Waals surface area contributed by atoms with Crippen LogP contribution in [0.5, 0.6) is 5.75 Å². The summed E-state index contributed by atoms with van der Waals surface area (Å²) < 4.78 is 40.4. The molecular weight excluding hydrogens is 403 g/mol. The monoisotopic (exact) mass is 423 g/mol. The third-order valence-corrected chi connectivity index (χ3v) is 5.53. The molecule has 4 nitrogen and oxygen atoms in total. The molecule has 0 atom stereocenters. The van der Waals surface area contributed by atoms with Crippen LogP contribution in [0.15, 0.2) is 60.2 Å². The first-order chi connectivity index (χ1) is 13.7. The maximum atomic E-state index is 13.5. The van der Waals surface area contributed by atoms with Crippen molar-refractivity contribution in [1.82, 2.24) is 4.90 Å². The van der Waals surface area contributed by atoms with E-state index in [1.807, 2.05) is 0 Å². The van der Waals surface area contributed by atoms with Crippen molar-refractivity contribution in [1.29, 1.82) is 0 Å². The van der Waals surface area contributed by atoms with Gasteiger partial charge in [-0.1, -0.05) is 36.7 Å². The summed E-state index contributed by atoms with van der Waals surface area (Å²) in [6.07, 6.45) is -2.43. The van der Waals surface area contributed by atoms with Gasteiger partial charge in [0.25, 0.3) is 0 Å². The average molecular weight is 424 g/mol. The Hall–Kier alpha value is -2.67. The Morgan fingerprint density at radius 2 is 1.72 bits per heavy atom. The zero-order valence-corrected chi connectivity index (χ0v) is 16.3.